The summed E-state index contributed by atoms with van der Waals surface area (Å²) in [5.74, 6) is -0.614. The summed E-state index contributed by atoms with van der Waals surface area (Å²) >= 11 is 3.58. The summed E-state index contributed by atoms with van der Waals surface area (Å²) in [6.45, 7) is 10.1. The fourth-order valence-electron chi connectivity index (χ4n) is 8.94. The molecule has 1 unspecified atom stereocenters. The molecule has 0 radical (unpaired) electrons. The summed E-state index contributed by atoms with van der Waals surface area (Å²) in [4.78, 5) is 62.1. The first-order valence-corrected chi connectivity index (χ1v) is 24.6. The highest BCUT2D eigenvalue weighted by Crippen LogP contribution is 2.42. The molecule has 3 aromatic carbocycles. The predicted molar refractivity (Wildman–Crippen MR) is 246 cm³/mol. The number of nitrogens with zero attached hydrogens (tertiary/aromatic N) is 7. The lowest BCUT2D eigenvalue weighted by Gasteiger charge is -2.43. The number of piperidine rings is 2. The van der Waals surface area contributed by atoms with Gasteiger partial charge in [0.2, 0.25) is 23.7 Å². The van der Waals surface area contributed by atoms with Crippen molar-refractivity contribution in [3.05, 3.63) is 88.0 Å². The first-order chi connectivity index (χ1) is 30.3. The monoisotopic (exact) mass is 940 g/mol. The van der Waals surface area contributed by atoms with Crippen molar-refractivity contribution in [1.82, 2.24) is 35.1 Å². The zero-order chi connectivity index (χ0) is 44.4. The fraction of sp³-hybridized carbons (Fsp3) is 0.400. The molecule has 15 nitrogen and oxygen atoms in total. The Morgan fingerprint density at radius 1 is 0.952 bits per heavy atom. The topological polar surface area (TPSA) is 175 Å². The van der Waals surface area contributed by atoms with E-state index in [1.165, 1.54) is 6.07 Å². The van der Waals surface area contributed by atoms with Crippen LogP contribution in [0.25, 0.3) is 11.0 Å². The molecule has 63 heavy (non-hydrogen) atoms. The summed E-state index contributed by atoms with van der Waals surface area (Å²) < 4.78 is 35.2. The highest BCUT2D eigenvalue weighted by molar-refractivity contribution is 9.10. The summed E-state index contributed by atoms with van der Waals surface area (Å²) in [5.41, 5.74) is 5.71. The van der Waals surface area contributed by atoms with Crippen molar-refractivity contribution in [2.45, 2.75) is 57.4 Å². The highest BCUT2D eigenvalue weighted by atomic mass is 79.9. The Morgan fingerprint density at radius 3 is 2.41 bits per heavy atom. The minimum Gasteiger partial charge on any atom is -0.494 e. The van der Waals surface area contributed by atoms with Crippen molar-refractivity contribution >= 4 is 86.0 Å². The molecule has 0 saturated carbocycles. The van der Waals surface area contributed by atoms with Gasteiger partial charge in [-0.1, -0.05) is 19.1 Å². The molecule has 3 amide bonds. The number of halogens is 2. The number of amides is 3. The van der Waals surface area contributed by atoms with Gasteiger partial charge in [-0.3, -0.25) is 34.6 Å². The molecule has 330 valence electrons. The number of imide groups is 1. The van der Waals surface area contributed by atoms with Crippen LogP contribution in [0.2, 0.25) is 0 Å². The van der Waals surface area contributed by atoms with Gasteiger partial charge in [-0.05, 0) is 90.3 Å². The average molecular weight is 942 g/mol. The van der Waals surface area contributed by atoms with Crippen molar-refractivity contribution in [1.29, 1.82) is 0 Å². The number of methoxy groups -OCH3 is 1. The van der Waals surface area contributed by atoms with E-state index >= 15 is 4.39 Å². The minimum atomic E-state index is -2.79. The number of piperazine rings is 1. The molecule has 0 bridgehead atoms. The zero-order valence-corrected chi connectivity index (χ0v) is 38.3. The predicted octanol–water partition coefficient (Wildman–Crippen LogP) is 6.50. The molecule has 2 aromatic heterocycles. The molecule has 5 heterocycles. The Bertz CT molecular complexity index is 2610. The van der Waals surface area contributed by atoms with Crippen LogP contribution in [0.4, 0.5) is 33.2 Å². The molecule has 1 atom stereocenters. The van der Waals surface area contributed by atoms with E-state index in [0.717, 1.165) is 62.4 Å². The molecular formula is C45H51BrFN10O5P. The molecule has 3 aliphatic rings. The normalized spacial score (nSPS) is 17.8. The third-order valence-electron chi connectivity index (χ3n) is 12.2. The lowest BCUT2D eigenvalue weighted by molar-refractivity contribution is -0.134. The van der Waals surface area contributed by atoms with Crippen molar-refractivity contribution < 1.29 is 28.1 Å². The maximum absolute atomic E-state index is 15.1. The van der Waals surface area contributed by atoms with E-state index in [-0.39, 0.29) is 36.6 Å². The van der Waals surface area contributed by atoms with Gasteiger partial charge in [-0.2, -0.15) is 4.98 Å². The summed E-state index contributed by atoms with van der Waals surface area (Å²) in [5, 5.41) is 9.61. The molecule has 3 fully saturated rings. The van der Waals surface area contributed by atoms with Crippen LogP contribution in [0.5, 0.6) is 5.75 Å². The van der Waals surface area contributed by atoms with Crippen LogP contribution < -0.4 is 30.9 Å². The number of ether oxygens (including phenoxy) is 1. The maximum atomic E-state index is 15.1. The van der Waals surface area contributed by atoms with Gasteiger partial charge < -0.3 is 29.7 Å². The number of fused-ring (bicyclic) bond motifs is 1. The number of aromatic nitrogens is 4. The fourth-order valence-corrected chi connectivity index (χ4v) is 10.6. The number of hydrogen-bond acceptors (Lipinski definition) is 13. The summed E-state index contributed by atoms with van der Waals surface area (Å²) in [6, 6.07) is 12.9. The van der Waals surface area contributed by atoms with Crippen LogP contribution in [0.1, 0.15) is 55.2 Å². The third-order valence-corrected chi connectivity index (χ3v) is 14.3. The van der Waals surface area contributed by atoms with Crippen LogP contribution in [0.3, 0.4) is 0 Å². The van der Waals surface area contributed by atoms with Gasteiger partial charge in [-0.25, -0.2) is 9.37 Å². The largest absolute Gasteiger partial charge is 0.494 e. The van der Waals surface area contributed by atoms with E-state index in [1.54, 1.807) is 51.2 Å². The van der Waals surface area contributed by atoms with Gasteiger partial charge in [0.1, 0.15) is 30.0 Å². The maximum Gasteiger partial charge on any atom is 0.234 e. The molecule has 8 rings (SSSR count). The first-order valence-electron chi connectivity index (χ1n) is 21.2. The Kier molecular flexibility index (Phi) is 13.1. The number of aryl methyl sites for hydroxylation is 1. The van der Waals surface area contributed by atoms with Crippen molar-refractivity contribution in [2.75, 3.05) is 75.2 Å². The van der Waals surface area contributed by atoms with Gasteiger partial charge in [0.05, 0.1) is 46.1 Å². The third kappa shape index (κ3) is 9.70. The number of carbonyl (C=O) groups is 3. The second kappa shape index (κ2) is 18.7. The Balaban J connectivity index is 0.874. The molecule has 0 spiro atoms. The van der Waals surface area contributed by atoms with Gasteiger partial charge in [0, 0.05) is 87.6 Å². The molecule has 5 aromatic rings. The van der Waals surface area contributed by atoms with Gasteiger partial charge >= 0.3 is 0 Å². The Morgan fingerprint density at radius 2 is 1.71 bits per heavy atom. The molecule has 0 aliphatic carbocycles. The lowest BCUT2D eigenvalue weighted by atomic mass is 9.89. The average Bonchev–Trinajstić information content (AvgIpc) is 3.27. The van der Waals surface area contributed by atoms with E-state index in [9.17, 15) is 18.9 Å². The van der Waals surface area contributed by atoms with Crippen molar-refractivity contribution in [3.63, 3.8) is 0 Å². The van der Waals surface area contributed by atoms with E-state index in [4.69, 9.17) is 9.72 Å². The standard InChI is InChI=1S/C45H51BrFN10O5P/c1-5-28-24-36(52-45-50-26-32(46)43(54-45)51-35-10-9-34-41(49-15-14-48-34)42(35)63(3,4)61)38(62-2)25-37(28)56-16-12-29(13-17-56)55-18-20-57(21-19-55)40(59)23-27-6-7-30(33(47)22-27)31-8-11-39(58)53-44(31)60/h6-7,9-10,14-15,22,24-26,29,31H,5,8,11-13,16-21,23H2,1-4H3,(H,53,58,60)(H2,50,51,52,54). The molecular weight excluding hydrogens is 890 g/mol. The van der Waals surface area contributed by atoms with E-state index in [1.807, 2.05) is 17.0 Å². The Labute approximate surface area is 374 Å². The first kappa shape index (κ1) is 44.1. The van der Waals surface area contributed by atoms with Gasteiger partial charge in [0.15, 0.2) is 0 Å². The number of anilines is 5. The van der Waals surface area contributed by atoms with E-state index in [0.29, 0.717) is 68.7 Å². The summed E-state index contributed by atoms with van der Waals surface area (Å²) in [7, 11) is -1.14. The number of rotatable bonds is 12. The lowest BCUT2D eigenvalue weighted by Crippen LogP contribution is -2.54. The van der Waals surface area contributed by atoms with Crippen LogP contribution in [0, 0.1) is 5.82 Å². The van der Waals surface area contributed by atoms with Crippen LogP contribution in [-0.4, -0.2) is 113 Å². The molecule has 18 heteroatoms. The minimum absolute atomic E-state index is 0.0447. The number of carbonyl (C=O) groups excluding carboxylic acids is 3. The molecule has 3 N–H and O–H groups in total. The number of hydrogen-bond donors (Lipinski definition) is 3. The summed E-state index contributed by atoms with van der Waals surface area (Å²) in [6.07, 6.45) is 8.17. The van der Waals surface area contributed by atoms with Crippen molar-refractivity contribution in [2.24, 2.45) is 0 Å². The van der Waals surface area contributed by atoms with Crippen molar-refractivity contribution in [3.8, 4) is 5.75 Å². The smallest absolute Gasteiger partial charge is 0.234 e. The SMILES string of the molecule is CCc1cc(Nc2ncc(Br)c(Nc3ccc4nccnc4c3P(C)(C)=O)n2)c(OC)cc1N1CCC(N2CCN(C(=O)Cc3ccc(C4CCC(=O)NC4=O)c(F)c3)CC2)CC1. The number of benzene rings is 3. The molecule has 3 saturated heterocycles. The molecule has 3 aliphatic heterocycles. The van der Waals surface area contributed by atoms with E-state index < -0.39 is 24.8 Å². The van der Waals surface area contributed by atoms with E-state index in [2.05, 4.69) is 75.7 Å². The van der Waals surface area contributed by atoms with Gasteiger partial charge in [-0.15, -0.1) is 0 Å². The Hall–Kier alpha value is -5.51. The van der Waals surface area contributed by atoms with Crippen LogP contribution in [-0.2, 0) is 31.8 Å². The number of nitrogens with one attached hydrogen (secondary N) is 3. The van der Waals surface area contributed by atoms with Crippen LogP contribution in [0.15, 0.2) is 65.5 Å². The van der Waals surface area contributed by atoms with Gasteiger partial charge in [0.25, 0.3) is 0 Å². The highest BCUT2D eigenvalue weighted by Gasteiger charge is 2.32. The quantitative estimate of drug-likeness (QED) is 0.0914. The zero-order valence-electron chi connectivity index (χ0n) is 35.8. The second-order valence-electron chi connectivity index (χ2n) is 16.6. The second-order valence-corrected chi connectivity index (χ2v) is 20.6. The van der Waals surface area contributed by atoms with Crippen LogP contribution >= 0.6 is 23.1 Å².